The second kappa shape index (κ2) is 10.1. The van der Waals surface area contributed by atoms with Gasteiger partial charge in [0.25, 0.3) is 0 Å². The molecule has 9 nitrogen and oxygen atoms in total. The summed E-state index contributed by atoms with van der Waals surface area (Å²) < 4.78 is 0. The molecule has 0 atom stereocenters. The molecule has 0 radical (unpaired) electrons. The van der Waals surface area contributed by atoms with Gasteiger partial charge in [0.05, 0.1) is 13.2 Å². The quantitative estimate of drug-likeness (QED) is 0.338. The minimum atomic E-state index is -0.125. The van der Waals surface area contributed by atoms with Gasteiger partial charge in [0.2, 0.25) is 17.8 Å². The van der Waals surface area contributed by atoms with E-state index >= 15 is 0 Å². The summed E-state index contributed by atoms with van der Waals surface area (Å²) in [6, 6.07) is 0. The Kier molecular flexibility index (Phi) is 10.4. The van der Waals surface area contributed by atoms with Gasteiger partial charge in [0.15, 0.2) is 0 Å². The van der Waals surface area contributed by atoms with Crippen molar-refractivity contribution in [2.75, 3.05) is 30.4 Å². The molecule has 1 heterocycles. The summed E-state index contributed by atoms with van der Waals surface area (Å²) in [5.74, 6) is 0.125. The molecule has 9 heteroatoms. The third-order valence-corrected chi connectivity index (χ3v) is 0.787. The molecule has 86 valence electrons. The van der Waals surface area contributed by atoms with E-state index < -0.39 is 0 Å². The first kappa shape index (κ1) is 15.5. The summed E-state index contributed by atoms with van der Waals surface area (Å²) in [4.78, 5) is 18.5. The van der Waals surface area contributed by atoms with Gasteiger partial charge < -0.3 is 32.2 Å². The van der Waals surface area contributed by atoms with E-state index in [1.807, 2.05) is 6.79 Å². The lowest BCUT2D eigenvalue weighted by Crippen LogP contribution is -2.05. The number of aliphatic hydroxyl groups is 2. The number of hydrogen-bond donors (Lipinski definition) is 5. The molecule has 0 saturated carbocycles. The maximum atomic E-state index is 8.00. The molecule has 1 aromatic rings. The van der Waals surface area contributed by atoms with Crippen molar-refractivity contribution in [3.8, 4) is 0 Å². The molecule has 15 heavy (non-hydrogen) atoms. The van der Waals surface area contributed by atoms with Crippen LogP contribution in [0.4, 0.5) is 17.8 Å². The fraction of sp³-hybridized carbons (Fsp3) is 0.333. The SMILES string of the molecule is C=O.Nc1nc(N)nc(N)n1.OCCO. The Morgan fingerprint density at radius 3 is 1.20 bits per heavy atom. The minimum absolute atomic E-state index is 0.0417. The van der Waals surface area contributed by atoms with Crippen molar-refractivity contribution in [1.82, 2.24) is 15.0 Å². The molecule has 0 aliphatic carbocycles. The van der Waals surface area contributed by atoms with E-state index in [0.29, 0.717) is 0 Å². The van der Waals surface area contributed by atoms with Crippen LogP contribution in [0.15, 0.2) is 0 Å². The zero-order chi connectivity index (χ0) is 12.3. The normalized spacial score (nSPS) is 7.87. The molecular weight excluding hydrogens is 204 g/mol. The van der Waals surface area contributed by atoms with Gasteiger partial charge in [-0.2, -0.15) is 15.0 Å². The van der Waals surface area contributed by atoms with Crippen molar-refractivity contribution in [2.45, 2.75) is 0 Å². The third-order valence-electron chi connectivity index (χ3n) is 0.787. The average molecular weight is 218 g/mol. The highest BCUT2D eigenvalue weighted by molar-refractivity contribution is 5.33. The molecule has 0 unspecified atom stereocenters. The van der Waals surface area contributed by atoms with E-state index in [1.165, 1.54) is 0 Å². The second-order valence-electron chi connectivity index (χ2n) is 1.86. The molecule has 0 aromatic carbocycles. The lowest BCUT2D eigenvalue weighted by atomic mass is 10.8. The van der Waals surface area contributed by atoms with E-state index in [4.69, 9.17) is 32.2 Å². The Labute approximate surface area is 86.0 Å². The van der Waals surface area contributed by atoms with Crippen LogP contribution in [-0.2, 0) is 4.79 Å². The Balaban J connectivity index is 0. The lowest BCUT2D eigenvalue weighted by molar-refractivity contribution is -0.0979. The number of aromatic nitrogens is 3. The first-order valence-corrected chi connectivity index (χ1v) is 3.63. The van der Waals surface area contributed by atoms with Crippen LogP contribution in [-0.4, -0.2) is 45.2 Å². The number of nitrogens with two attached hydrogens (primary N) is 3. The molecule has 8 N–H and O–H groups in total. The van der Waals surface area contributed by atoms with Crippen LogP contribution in [0.25, 0.3) is 0 Å². The third kappa shape index (κ3) is 9.92. The van der Waals surface area contributed by atoms with Gasteiger partial charge in [-0.05, 0) is 0 Å². The van der Waals surface area contributed by atoms with E-state index in [0.717, 1.165) is 0 Å². The predicted octanol–water partition coefficient (Wildman–Crippen LogP) is -2.60. The number of carbonyl (C=O) groups excluding carboxylic acids is 1. The zero-order valence-electron chi connectivity index (χ0n) is 8.00. The Morgan fingerprint density at radius 2 is 1.07 bits per heavy atom. The highest BCUT2D eigenvalue weighted by Crippen LogP contribution is 1.97. The van der Waals surface area contributed by atoms with E-state index in [2.05, 4.69) is 15.0 Å². The van der Waals surface area contributed by atoms with E-state index in [1.54, 1.807) is 0 Å². The highest BCUT2D eigenvalue weighted by Gasteiger charge is 1.93. The smallest absolute Gasteiger partial charge is 0.226 e. The van der Waals surface area contributed by atoms with Gasteiger partial charge in [-0.1, -0.05) is 0 Å². The summed E-state index contributed by atoms with van der Waals surface area (Å²) in [5, 5.41) is 15.2. The van der Waals surface area contributed by atoms with Crippen LogP contribution < -0.4 is 17.2 Å². The number of nitrogens with zero attached hydrogens (tertiary/aromatic N) is 3. The topological polar surface area (TPSA) is 174 Å². The van der Waals surface area contributed by atoms with Gasteiger partial charge >= 0.3 is 0 Å². The van der Waals surface area contributed by atoms with Gasteiger partial charge in [-0.3, -0.25) is 0 Å². The summed E-state index contributed by atoms with van der Waals surface area (Å²) in [6.07, 6.45) is 0. The maximum Gasteiger partial charge on any atom is 0.226 e. The van der Waals surface area contributed by atoms with Crippen LogP contribution >= 0.6 is 0 Å². The number of aliphatic hydroxyl groups excluding tert-OH is 2. The number of carbonyl (C=O) groups is 1. The standard InChI is InChI=1S/C3H6N6.C2H6O2.CH2O/c4-1-7-2(5)9-3(6)8-1;3-1-2-4;1-2/h(H6,4,5,6,7,8,9);3-4H,1-2H2;1H2. The predicted molar refractivity (Wildman–Crippen MR) is 54.4 cm³/mol. The molecule has 0 aliphatic heterocycles. The van der Waals surface area contributed by atoms with Gasteiger partial charge in [0.1, 0.15) is 6.79 Å². The first-order chi connectivity index (χ1) is 7.10. The monoisotopic (exact) mass is 218 g/mol. The fourth-order valence-corrected chi connectivity index (χ4v) is 0.427. The van der Waals surface area contributed by atoms with E-state index in [9.17, 15) is 0 Å². The molecule has 0 aliphatic rings. The maximum absolute atomic E-state index is 8.00. The van der Waals surface area contributed by atoms with Crippen molar-refractivity contribution < 1.29 is 15.0 Å². The Morgan fingerprint density at radius 1 is 0.867 bits per heavy atom. The summed E-state index contributed by atoms with van der Waals surface area (Å²) in [5.41, 5.74) is 15.4. The van der Waals surface area contributed by atoms with Crippen LogP contribution in [0.3, 0.4) is 0 Å². The summed E-state index contributed by atoms with van der Waals surface area (Å²) in [7, 11) is 0. The van der Waals surface area contributed by atoms with Crippen molar-refractivity contribution >= 4 is 24.6 Å². The van der Waals surface area contributed by atoms with Gasteiger partial charge in [0, 0.05) is 0 Å². The molecule has 0 saturated heterocycles. The first-order valence-electron chi connectivity index (χ1n) is 3.63. The Hall–Kier alpha value is -2.00. The minimum Gasteiger partial charge on any atom is -0.394 e. The second-order valence-corrected chi connectivity index (χ2v) is 1.86. The van der Waals surface area contributed by atoms with Gasteiger partial charge in [-0.15, -0.1) is 0 Å². The van der Waals surface area contributed by atoms with Crippen LogP contribution in [0, 0.1) is 0 Å². The summed E-state index contributed by atoms with van der Waals surface area (Å²) in [6.45, 7) is 1.75. The molecule has 0 fully saturated rings. The number of anilines is 3. The van der Waals surface area contributed by atoms with Crippen LogP contribution in [0.5, 0.6) is 0 Å². The molecule has 1 aromatic heterocycles. The van der Waals surface area contributed by atoms with Crippen LogP contribution in [0.2, 0.25) is 0 Å². The highest BCUT2D eigenvalue weighted by atomic mass is 16.3. The largest absolute Gasteiger partial charge is 0.394 e. The average Bonchev–Trinajstić information content (AvgIpc) is 2.19. The lowest BCUT2D eigenvalue weighted by Gasteiger charge is -1.93. The van der Waals surface area contributed by atoms with Crippen molar-refractivity contribution in [3.63, 3.8) is 0 Å². The number of nitrogen functional groups attached to an aromatic ring is 3. The van der Waals surface area contributed by atoms with Crippen molar-refractivity contribution in [2.24, 2.45) is 0 Å². The number of rotatable bonds is 1. The molecule has 0 bridgehead atoms. The Bertz CT molecular complexity index is 219. The summed E-state index contributed by atoms with van der Waals surface area (Å²) >= 11 is 0. The zero-order valence-corrected chi connectivity index (χ0v) is 8.00. The van der Waals surface area contributed by atoms with E-state index in [-0.39, 0.29) is 31.1 Å². The van der Waals surface area contributed by atoms with Crippen LogP contribution in [0.1, 0.15) is 0 Å². The molecule has 0 spiro atoms. The molecule has 0 amide bonds. The fourth-order valence-electron chi connectivity index (χ4n) is 0.427. The van der Waals surface area contributed by atoms with Gasteiger partial charge in [-0.25, -0.2) is 0 Å². The van der Waals surface area contributed by atoms with Crippen molar-refractivity contribution in [1.29, 1.82) is 0 Å². The van der Waals surface area contributed by atoms with Crippen molar-refractivity contribution in [3.05, 3.63) is 0 Å². The molecule has 1 rings (SSSR count). The number of hydrogen-bond acceptors (Lipinski definition) is 9. The molecular formula is C6H14N6O3.